The maximum atomic E-state index is 12.9. The summed E-state index contributed by atoms with van der Waals surface area (Å²) in [6, 6.07) is 16.0. The molecular weight excluding hydrogens is 350 g/mol. The van der Waals surface area contributed by atoms with E-state index in [2.05, 4.69) is 10.6 Å². The molecule has 0 heterocycles. The molecule has 1 atom stereocenters. The van der Waals surface area contributed by atoms with Gasteiger partial charge in [-0.25, -0.2) is 0 Å². The molecule has 3 rings (SSSR count). The van der Waals surface area contributed by atoms with Gasteiger partial charge >= 0.3 is 0 Å². The second-order valence-electron chi connectivity index (χ2n) is 7.52. The van der Waals surface area contributed by atoms with Gasteiger partial charge in [-0.1, -0.05) is 74.6 Å². The minimum absolute atomic E-state index is 0.0728. The summed E-state index contributed by atoms with van der Waals surface area (Å²) in [7, 11) is 0. The van der Waals surface area contributed by atoms with E-state index in [1.165, 1.54) is 6.42 Å². The van der Waals surface area contributed by atoms with Crippen LogP contribution in [0, 0.1) is 23.2 Å². The summed E-state index contributed by atoms with van der Waals surface area (Å²) in [4.78, 5) is 25.4. The zero-order valence-electron chi connectivity index (χ0n) is 16.1. The molecule has 2 amide bonds. The average Bonchev–Trinajstić information content (AvgIpc) is 2.74. The van der Waals surface area contributed by atoms with Crippen LogP contribution in [-0.2, 0) is 16.1 Å². The lowest BCUT2D eigenvalue weighted by Gasteiger charge is -2.25. The van der Waals surface area contributed by atoms with E-state index in [4.69, 9.17) is 5.26 Å². The Hall–Kier alpha value is -2.87. The molecule has 1 aliphatic carbocycles. The first kappa shape index (κ1) is 19.9. The van der Waals surface area contributed by atoms with Crippen molar-refractivity contribution in [1.82, 2.24) is 10.6 Å². The highest BCUT2D eigenvalue weighted by atomic mass is 16.2. The topological polar surface area (TPSA) is 82.0 Å². The number of carbonyl (C=O) groups excluding carboxylic acids is 2. The van der Waals surface area contributed by atoms with Gasteiger partial charge in [0.05, 0.1) is 6.07 Å². The van der Waals surface area contributed by atoms with Crippen LogP contribution in [0.2, 0.25) is 0 Å². The van der Waals surface area contributed by atoms with Crippen molar-refractivity contribution >= 4 is 22.6 Å². The Balaban J connectivity index is 1.68. The van der Waals surface area contributed by atoms with Crippen molar-refractivity contribution in [1.29, 1.82) is 5.26 Å². The summed E-state index contributed by atoms with van der Waals surface area (Å²) in [5, 5.41) is 16.5. The lowest BCUT2D eigenvalue weighted by atomic mass is 9.82. The van der Waals surface area contributed by atoms with Crippen molar-refractivity contribution in [3.05, 3.63) is 48.0 Å². The number of carbonyl (C=O) groups is 2. The number of fused-ring (bicyclic) bond motifs is 1. The van der Waals surface area contributed by atoms with Crippen LogP contribution in [0.1, 0.15) is 44.1 Å². The second kappa shape index (κ2) is 9.89. The van der Waals surface area contributed by atoms with Gasteiger partial charge < -0.3 is 10.6 Å². The molecular formula is C23H27N3O2. The molecule has 1 aliphatic rings. The Bertz CT molecular complexity index is 860. The molecule has 2 aromatic rings. The molecule has 0 aliphatic heterocycles. The number of hydrogen-bond acceptors (Lipinski definition) is 3. The van der Waals surface area contributed by atoms with E-state index in [-0.39, 0.29) is 18.4 Å². The van der Waals surface area contributed by atoms with Gasteiger partial charge in [0.15, 0.2) is 0 Å². The second-order valence-corrected chi connectivity index (χ2v) is 7.52. The molecule has 0 radical (unpaired) electrons. The summed E-state index contributed by atoms with van der Waals surface area (Å²) in [5.74, 6) is -0.946. The van der Waals surface area contributed by atoms with Gasteiger partial charge in [-0.05, 0) is 28.7 Å². The lowest BCUT2D eigenvalue weighted by Crippen LogP contribution is -2.42. The molecule has 0 bridgehead atoms. The van der Waals surface area contributed by atoms with E-state index in [9.17, 15) is 9.59 Å². The Morgan fingerprint density at radius 1 is 1.00 bits per heavy atom. The number of nitrogens with zero attached hydrogens (tertiary/aromatic N) is 1. The molecule has 2 aromatic carbocycles. The zero-order valence-corrected chi connectivity index (χ0v) is 16.1. The maximum absolute atomic E-state index is 12.9. The number of hydrogen-bond donors (Lipinski definition) is 2. The Kier molecular flexibility index (Phi) is 7.02. The van der Waals surface area contributed by atoms with E-state index in [1.807, 2.05) is 48.5 Å². The highest BCUT2D eigenvalue weighted by molar-refractivity contribution is 6.00. The summed E-state index contributed by atoms with van der Waals surface area (Å²) < 4.78 is 0. The van der Waals surface area contributed by atoms with Crippen molar-refractivity contribution in [2.24, 2.45) is 11.8 Å². The molecule has 0 spiro atoms. The number of benzene rings is 2. The SMILES string of the molecule is N#CCNC(=O)C(CC1CCCCC1)C(=O)NCc1cccc2ccccc12. The fraction of sp³-hybridized carbons (Fsp3) is 0.435. The predicted molar refractivity (Wildman–Crippen MR) is 109 cm³/mol. The van der Waals surface area contributed by atoms with Crippen molar-refractivity contribution < 1.29 is 9.59 Å². The third-order valence-corrected chi connectivity index (χ3v) is 5.60. The van der Waals surface area contributed by atoms with Gasteiger partial charge in [-0.15, -0.1) is 0 Å². The predicted octanol–water partition coefficient (Wildman–Crippen LogP) is 3.68. The first-order valence-electron chi connectivity index (χ1n) is 10.1. The van der Waals surface area contributed by atoms with E-state index < -0.39 is 5.92 Å². The van der Waals surface area contributed by atoms with Crippen molar-refractivity contribution in [3.63, 3.8) is 0 Å². The van der Waals surface area contributed by atoms with Crippen molar-refractivity contribution in [3.8, 4) is 6.07 Å². The van der Waals surface area contributed by atoms with Gasteiger partial charge in [0, 0.05) is 6.54 Å². The molecule has 28 heavy (non-hydrogen) atoms. The fourth-order valence-electron chi connectivity index (χ4n) is 4.09. The van der Waals surface area contributed by atoms with E-state index in [1.54, 1.807) is 0 Å². The molecule has 5 heteroatoms. The normalized spacial score (nSPS) is 15.5. The minimum Gasteiger partial charge on any atom is -0.351 e. The van der Waals surface area contributed by atoms with Crippen LogP contribution in [0.25, 0.3) is 10.8 Å². The van der Waals surface area contributed by atoms with E-state index in [0.29, 0.717) is 18.9 Å². The Morgan fingerprint density at radius 3 is 2.50 bits per heavy atom. The molecule has 0 aromatic heterocycles. The monoisotopic (exact) mass is 377 g/mol. The van der Waals surface area contributed by atoms with Gasteiger partial charge in [-0.2, -0.15) is 5.26 Å². The van der Waals surface area contributed by atoms with Gasteiger partial charge in [0.25, 0.3) is 0 Å². The van der Waals surface area contributed by atoms with Crippen LogP contribution in [-0.4, -0.2) is 18.4 Å². The highest BCUT2D eigenvalue weighted by Crippen LogP contribution is 2.29. The van der Waals surface area contributed by atoms with E-state index >= 15 is 0 Å². The Morgan fingerprint density at radius 2 is 1.71 bits per heavy atom. The first-order valence-corrected chi connectivity index (χ1v) is 10.1. The average molecular weight is 377 g/mol. The summed E-state index contributed by atoms with van der Waals surface area (Å²) in [6.45, 7) is 0.309. The molecule has 146 valence electrons. The molecule has 5 nitrogen and oxygen atoms in total. The standard InChI is InChI=1S/C23H27N3O2/c24-13-14-25-22(27)21(15-17-7-2-1-3-8-17)23(28)26-16-19-11-6-10-18-9-4-5-12-20(18)19/h4-6,9-12,17,21H,1-3,7-8,14-16H2,(H,25,27)(H,26,28). The third kappa shape index (κ3) is 5.10. The number of rotatable bonds is 7. The van der Waals surface area contributed by atoms with Gasteiger partial charge in [0.2, 0.25) is 11.8 Å². The van der Waals surface area contributed by atoms with Crippen LogP contribution in [0.5, 0.6) is 0 Å². The number of nitrogens with one attached hydrogen (secondary N) is 2. The summed E-state index contributed by atoms with van der Waals surface area (Å²) in [6.07, 6.45) is 6.24. The molecule has 2 N–H and O–H groups in total. The quantitative estimate of drug-likeness (QED) is 0.570. The highest BCUT2D eigenvalue weighted by Gasteiger charge is 2.30. The molecule has 1 unspecified atom stereocenters. The molecule has 1 saturated carbocycles. The summed E-state index contributed by atoms with van der Waals surface area (Å²) in [5.41, 5.74) is 1.03. The van der Waals surface area contributed by atoms with Crippen molar-refractivity contribution in [2.75, 3.05) is 6.54 Å². The lowest BCUT2D eigenvalue weighted by molar-refractivity contribution is -0.136. The smallest absolute Gasteiger partial charge is 0.233 e. The van der Waals surface area contributed by atoms with Crippen LogP contribution < -0.4 is 10.6 Å². The Labute approximate surface area is 166 Å². The number of nitriles is 1. The van der Waals surface area contributed by atoms with Crippen LogP contribution >= 0.6 is 0 Å². The van der Waals surface area contributed by atoms with Crippen LogP contribution in [0.15, 0.2) is 42.5 Å². The third-order valence-electron chi connectivity index (χ3n) is 5.60. The van der Waals surface area contributed by atoms with Crippen LogP contribution in [0.3, 0.4) is 0 Å². The maximum Gasteiger partial charge on any atom is 0.233 e. The largest absolute Gasteiger partial charge is 0.351 e. The van der Waals surface area contributed by atoms with Crippen molar-refractivity contribution in [2.45, 2.75) is 45.1 Å². The summed E-state index contributed by atoms with van der Waals surface area (Å²) >= 11 is 0. The first-order chi connectivity index (χ1) is 13.7. The minimum atomic E-state index is -0.744. The molecule has 1 fully saturated rings. The zero-order chi connectivity index (χ0) is 19.8. The van der Waals surface area contributed by atoms with Gasteiger partial charge in [-0.3, -0.25) is 9.59 Å². The van der Waals surface area contributed by atoms with Crippen LogP contribution in [0.4, 0.5) is 0 Å². The number of amides is 2. The van der Waals surface area contributed by atoms with Gasteiger partial charge in [0.1, 0.15) is 12.5 Å². The molecule has 0 saturated heterocycles. The fourth-order valence-corrected chi connectivity index (χ4v) is 4.09. The van der Waals surface area contributed by atoms with E-state index in [0.717, 1.165) is 42.0 Å².